The Hall–Kier alpha value is -0.970. The van der Waals surface area contributed by atoms with Crippen molar-refractivity contribution in [1.29, 1.82) is 0 Å². The van der Waals surface area contributed by atoms with Gasteiger partial charge in [-0.1, -0.05) is 6.08 Å². The Kier molecular flexibility index (Phi) is 6.25. The van der Waals surface area contributed by atoms with E-state index in [1.807, 2.05) is 6.92 Å². The Morgan fingerprint density at radius 2 is 2.22 bits per heavy atom. The molecule has 1 unspecified atom stereocenters. The Morgan fingerprint density at radius 1 is 1.50 bits per heavy atom. The summed E-state index contributed by atoms with van der Waals surface area (Å²) in [6, 6.07) is 0. The zero-order chi connectivity index (χ0) is 13.5. The number of carbonyl (C=O) groups excluding carboxylic acids is 1. The predicted octanol–water partition coefficient (Wildman–Crippen LogP) is 2.50. The third-order valence-corrected chi connectivity index (χ3v) is 4.15. The summed E-state index contributed by atoms with van der Waals surface area (Å²) in [5.41, 5.74) is 1.11. The van der Waals surface area contributed by atoms with E-state index < -0.39 is 11.2 Å². The quantitative estimate of drug-likeness (QED) is 0.806. The molecular weight excluding hydrogens is 250 g/mol. The summed E-state index contributed by atoms with van der Waals surface area (Å²) in [6.07, 6.45) is 6.46. The maximum absolute atomic E-state index is 12.1. The molecule has 5 heteroatoms. The summed E-state index contributed by atoms with van der Waals surface area (Å²) in [4.78, 5) is 24.6. The second-order valence-corrected chi connectivity index (χ2v) is 5.70. The van der Waals surface area contributed by atoms with Crippen molar-refractivity contribution in [1.82, 2.24) is 4.90 Å². The molecule has 1 aliphatic carbocycles. The van der Waals surface area contributed by atoms with Crippen molar-refractivity contribution in [3.8, 4) is 0 Å². The van der Waals surface area contributed by atoms with Gasteiger partial charge in [-0.2, -0.15) is 0 Å². The van der Waals surface area contributed by atoms with Crippen LogP contribution in [0.15, 0.2) is 11.8 Å². The topological polar surface area (TPSA) is 57.6 Å². The highest BCUT2D eigenvalue weighted by Gasteiger charge is 2.20. The van der Waals surface area contributed by atoms with Crippen molar-refractivity contribution in [2.45, 2.75) is 44.8 Å². The largest absolute Gasteiger partial charge is 0.480 e. The smallest absolute Gasteiger partial charge is 0.316 e. The number of aliphatic carboxylic acids is 1. The predicted molar refractivity (Wildman–Crippen MR) is 73.5 cm³/mol. The zero-order valence-electron chi connectivity index (χ0n) is 11.0. The molecule has 0 heterocycles. The number of amides is 1. The van der Waals surface area contributed by atoms with Crippen LogP contribution in [0.2, 0.25) is 0 Å². The van der Waals surface area contributed by atoms with E-state index in [2.05, 4.69) is 6.08 Å². The van der Waals surface area contributed by atoms with Crippen LogP contribution in [-0.4, -0.2) is 39.4 Å². The summed E-state index contributed by atoms with van der Waals surface area (Å²) < 4.78 is 0. The number of rotatable bonds is 6. The summed E-state index contributed by atoms with van der Waals surface area (Å²) in [6.45, 7) is 4.22. The van der Waals surface area contributed by atoms with Gasteiger partial charge in [0.2, 0.25) is 5.91 Å². The fourth-order valence-electron chi connectivity index (χ4n) is 1.95. The monoisotopic (exact) mass is 271 g/mol. The fourth-order valence-corrected chi connectivity index (χ4v) is 2.64. The van der Waals surface area contributed by atoms with Gasteiger partial charge < -0.3 is 10.0 Å². The Morgan fingerprint density at radius 3 is 2.72 bits per heavy atom. The van der Waals surface area contributed by atoms with Crippen LogP contribution in [0.5, 0.6) is 0 Å². The van der Waals surface area contributed by atoms with Crippen LogP contribution in [0.4, 0.5) is 0 Å². The average Bonchev–Trinajstić information content (AvgIpc) is 2.38. The fraction of sp³-hybridized carbons (Fsp3) is 0.692. The van der Waals surface area contributed by atoms with Crippen LogP contribution in [0.3, 0.4) is 0 Å². The summed E-state index contributed by atoms with van der Waals surface area (Å²) in [5.74, 6) is -0.616. The van der Waals surface area contributed by atoms with E-state index in [1.165, 1.54) is 18.2 Å². The number of thioether (sulfide) groups is 1. The van der Waals surface area contributed by atoms with E-state index in [-0.39, 0.29) is 11.7 Å². The lowest BCUT2D eigenvalue weighted by Crippen LogP contribution is -2.33. The lowest BCUT2D eigenvalue weighted by molar-refractivity contribution is -0.136. The highest BCUT2D eigenvalue weighted by atomic mass is 32.2. The number of carboxylic acids is 1. The summed E-state index contributed by atoms with van der Waals surface area (Å²) >= 11 is 1.18. The number of carbonyl (C=O) groups is 2. The molecule has 0 radical (unpaired) electrons. The number of carboxylic acid groups (broad SMARTS) is 1. The highest BCUT2D eigenvalue weighted by molar-refractivity contribution is 8.01. The Bertz CT molecular complexity index is 341. The summed E-state index contributed by atoms with van der Waals surface area (Å²) in [7, 11) is 0. The van der Waals surface area contributed by atoms with Crippen LogP contribution in [0, 0.1) is 0 Å². The van der Waals surface area contributed by atoms with Crippen molar-refractivity contribution in [2.75, 3.05) is 12.3 Å². The molecule has 102 valence electrons. The van der Waals surface area contributed by atoms with E-state index >= 15 is 0 Å². The first-order valence-electron chi connectivity index (χ1n) is 6.40. The highest BCUT2D eigenvalue weighted by Crippen LogP contribution is 2.22. The van der Waals surface area contributed by atoms with Crippen LogP contribution in [0.1, 0.15) is 39.5 Å². The van der Waals surface area contributed by atoms with E-state index in [0.717, 1.165) is 25.0 Å². The van der Waals surface area contributed by atoms with Gasteiger partial charge in [0.25, 0.3) is 0 Å². The van der Waals surface area contributed by atoms with Crippen LogP contribution in [-0.2, 0) is 9.59 Å². The number of hydrogen-bond donors (Lipinski definition) is 1. The van der Waals surface area contributed by atoms with Gasteiger partial charge in [-0.15, -0.1) is 11.8 Å². The van der Waals surface area contributed by atoms with Gasteiger partial charge in [0.15, 0.2) is 0 Å². The van der Waals surface area contributed by atoms with Crippen molar-refractivity contribution in [3.63, 3.8) is 0 Å². The molecule has 0 saturated heterocycles. The molecule has 0 fully saturated rings. The molecule has 1 aliphatic rings. The van der Waals surface area contributed by atoms with Crippen LogP contribution in [0.25, 0.3) is 0 Å². The van der Waals surface area contributed by atoms with E-state index in [4.69, 9.17) is 5.11 Å². The van der Waals surface area contributed by atoms with Crippen LogP contribution < -0.4 is 0 Å². The third-order valence-electron chi connectivity index (χ3n) is 3.04. The molecule has 18 heavy (non-hydrogen) atoms. The number of hydrogen-bond acceptors (Lipinski definition) is 3. The van der Waals surface area contributed by atoms with Crippen molar-refractivity contribution < 1.29 is 14.7 Å². The maximum Gasteiger partial charge on any atom is 0.316 e. The van der Waals surface area contributed by atoms with E-state index in [1.54, 1.807) is 11.8 Å². The van der Waals surface area contributed by atoms with Crippen LogP contribution >= 0.6 is 11.8 Å². The first kappa shape index (κ1) is 15.1. The molecule has 1 amide bonds. The molecule has 0 aromatic heterocycles. The zero-order valence-corrected chi connectivity index (χ0v) is 11.8. The molecule has 1 atom stereocenters. The molecule has 0 aromatic carbocycles. The Labute approximate surface area is 112 Å². The maximum atomic E-state index is 12.1. The molecule has 1 rings (SSSR count). The van der Waals surface area contributed by atoms with Gasteiger partial charge in [-0.05, 0) is 39.5 Å². The van der Waals surface area contributed by atoms with Gasteiger partial charge in [0.05, 0.1) is 11.0 Å². The first-order chi connectivity index (χ1) is 8.56. The molecule has 0 saturated carbocycles. The van der Waals surface area contributed by atoms with Gasteiger partial charge in [0.1, 0.15) is 0 Å². The minimum absolute atomic E-state index is 0.0174. The molecular formula is C13H21NO3S. The lowest BCUT2D eigenvalue weighted by atomic mass is 10.0. The van der Waals surface area contributed by atoms with E-state index in [9.17, 15) is 9.59 Å². The molecule has 0 aliphatic heterocycles. The van der Waals surface area contributed by atoms with Gasteiger partial charge in [-0.3, -0.25) is 9.59 Å². The molecule has 0 spiro atoms. The second kappa shape index (κ2) is 7.46. The molecule has 4 nitrogen and oxygen atoms in total. The van der Waals surface area contributed by atoms with Gasteiger partial charge >= 0.3 is 5.97 Å². The minimum Gasteiger partial charge on any atom is -0.480 e. The average molecular weight is 271 g/mol. The van der Waals surface area contributed by atoms with Gasteiger partial charge in [0, 0.05) is 12.2 Å². The van der Waals surface area contributed by atoms with Crippen molar-refractivity contribution in [3.05, 3.63) is 11.8 Å². The molecule has 1 N–H and O–H groups in total. The SMILES string of the molecule is CCN(C(=O)CSC(C)C(=O)O)C1=CCCCC1. The number of allylic oxidation sites excluding steroid dienone is 2. The molecule has 0 bridgehead atoms. The van der Waals surface area contributed by atoms with E-state index in [0.29, 0.717) is 6.54 Å². The second-order valence-electron chi connectivity index (χ2n) is 4.37. The normalized spacial score (nSPS) is 16.9. The third kappa shape index (κ3) is 4.37. The first-order valence-corrected chi connectivity index (χ1v) is 7.45. The lowest BCUT2D eigenvalue weighted by Gasteiger charge is -2.26. The number of nitrogens with zero attached hydrogens (tertiary/aromatic N) is 1. The Balaban J connectivity index is 2.52. The van der Waals surface area contributed by atoms with Crippen molar-refractivity contribution >= 4 is 23.6 Å². The summed E-state index contributed by atoms with van der Waals surface area (Å²) in [5, 5.41) is 8.25. The standard InChI is InChI=1S/C13H21NO3S/c1-3-14(11-7-5-4-6-8-11)12(15)9-18-10(2)13(16)17/h7,10H,3-6,8-9H2,1-2H3,(H,16,17). The minimum atomic E-state index is -0.868. The molecule has 0 aromatic rings. The van der Waals surface area contributed by atoms with Crippen molar-refractivity contribution in [2.24, 2.45) is 0 Å². The van der Waals surface area contributed by atoms with Gasteiger partial charge in [-0.25, -0.2) is 0 Å².